The van der Waals surface area contributed by atoms with E-state index in [1.165, 1.54) is 6.07 Å². The molecule has 0 aliphatic rings. The molecule has 1 aromatic heterocycles. The molecule has 3 nitrogen and oxygen atoms in total. The Morgan fingerprint density at radius 2 is 2.16 bits per heavy atom. The second-order valence-electron chi connectivity index (χ2n) is 4.77. The van der Waals surface area contributed by atoms with Gasteiger partial charge in [-0.2, -0.15) is 0 Å². The van der Waals surface area contributed by atoms with Crippen molar-refractivity contribution in [3.05, 3.63) is 53.2 Å². The summed E-state index contributed by atoms with van der Waals surface area (Å²) in [6.07, 6.45) is 0.901. The van der Waals surface area contributed by atoms with Crippen LogP contribution in [0, 0.1) is 12.7 Å². The van der Waals surface area contributed by atoms with Crippen molar-refractivity contribution < 1.29 is 13.9 Å². The number of aliphatic hydroxyl groups is 1. The molecule has 0 fully saturated rings. The van der Waals surface area contributed by atoms with Gasteiger partial charge in [-0.1, -0.05) is 0 Å². The predicted molar refractivity (Wildman–Crippen MR) is 72.6 cm³/mol. The maximum atomic E-state index is 13.6. The summed E-state index contributed by atoms with van der Waals surface area (Å²) in [4.78, 5) is 1.94. The minimum Gasteiger partial charge on any atom is -0.467 e. The van der Waals surface area contributed by atoms with Gasteiger partial charge < -0.3 is 14.4 Å². The minimum atomic E-state index is -0.718. The summed E-state index contributed by atoms with van der Waals surface area (Å²) < 4.78 is 18.9. The van der Waals surface area contributed by atoms with E-state index in [2.05, 4.69) is 0 Å². The fraction of sp³-hybridized carbons (Fsp3) is 0.333. The number of benzene rings is 1. The molecule has 0 radical (unpaired) electrons. The molecule has 2 rings (SSSR count). The molecule has 19 heavy (non-hydrogen) atoms. The molecule has 1 heterocycles. The Balaban J connectivity index is 2.34. The highest BCUT2D eigenvalue weighted by Crippen LogP contribution is 2.29. The topological polar surface area (TPSA) is 36.6 Å². The molecular formula is C15H18FNO2. The Hall–Kier alpha value is -1.81. The van der Waals surface area contributed by atoms with Crippen LogP contribution in [0.25, 0.3) is 0 Å². The molecule has 1 unspecified atom stereocenters. The highest BCUT2D eigenvalue weighted by molar-refractivity contribution is 5.56. The second-order valence-corrected chi connectivity index (χ2v) is 4.77. The SMILES string of the molecule is Cc1cc(N(C)Cc2ccco2)c(C(C)O)cc1F. The van der Waals surface area contributed by atoms with Crippen molar-refractivity contribution in [2.75, 3.05) is 11.9 Å². The lowest BCUT2D eigenvalue weighted by atomic mass is 10.0. The number of hydrogen-bond acceptors (Lipinski definition) is 3. The molecule has 0 saturated heterocycles. The van der Waals surface area contributed by atoms with Crippen molar-refractivity contribution in [2.45, 2.75) is 26.5 Å². The molecule has 1 N–H and O–H groups in total. The fourth-order valence-corrected chi connectivity index (χ4v) is 2.07. The minimum absolute atomic E-state index is 0.300. The van der Waals surface area contributed by atoms with Gasteiger partial charge in [0.05, 0.1) is 18.9 Å². The Kier molecular flexibility index (Phi) is 3.90. The first-order chi connectivity index (χ1) is 8.99. The van der Waals surface area contributed by atoms with Crippen molar-refractivity contribution in [2.24, 2.45) is 0 Å². The third kappa shape index (κ3) is 2.96. The van der Waals surface area contributed by atoms with Crippen molar-refractivity contribution in [1.82, 2.24) is 0 Å². The maximum absolute atomic E-state index is 13.6. The predicted octanol–water partition coefficient (Wildman–Crippen LogP) is 3.42. The van der Waals surface area contributed by atoms with Gasteiger partial charge in [-0.3, -0.25) is 0 Å². The van der Waals surface area contributed by atoms with Crippen LogP contribution in [0.2, 0.25) is 0 Å². The second kappa shape index (κ2) is 5.45. The molecule has 0 saturated carbocycles. The smallest absolute Gasteiger partial charge is 0.126 e. The van der Waals surface area contributed by atoms with E-state index in [0.717, 1.165) is 11.4 Å². The van der Waals surface area contributed by atoms with E-state index in [0.29, 0.717) is 17.7 Å². The Labute approximate surface area is 112 Å². The van der Waals surface area contributed by atoms with Gasteiger partial charge in [0, 0.05) is 18.3 Å². The first-order valence-corrected chi connectivity index (χ1v) is 6.20. The molecule has 1 aromatic carbocycles. The van der Waals surface area contributed by atoms with Gasteiger partial charge >= 0.3 is 0 Å². The molecule has 0 aliphatic heterocycles. The van der Waals surface area contributed by atoms with E-state index >= 15 is 0 Å². The molecule has 4 heteroatoms. The summed E-state index contributed by atoms with van der Waals surface area (Å²) in [6, 6.07) is 6.86. The third-order valence-corrected chi connectivity index (χ3v) is 3.14. The quantitative estimate of drug-likeness (QED) is 0.918. The van der Waals surface area contributed by atoms with Gasteiger partial charge in [0.25, 0.3) is 0 Å². The zero-order valence-corrected chi connectivity index (χ0v) is 11.4. The lowest BCUT2D eigenvalue weighted by Crippen LogP contribution is -2.19. The number of anilines is 1. The van der Waals surface area contributed by atoms with Crippen LogP contribution in [0.3, 0.4) is 0 Å². The number of hydrogen-bond donors (Lipinski definition) is 1. The fourth-order valence-electron chi connectivity index (χ4n) is 2.07. The molecule has 0 bridgehead atoms. The summed E-state index contributed by atoms with van der Waals surface area (Å²) in [5, 5.41) is 9.78. The van der Waals surface area contributed by atoms with Gasteiger partial charge in [0.2, 0.25) is 0 Å². The average molecular weight is 263 g/mol. The van der Waals surface area contributed by atoms with Crippen LogP contribution in [-0.2, 0) is 6.54 Å². The number of rotatable bonds is 4. The van der Waals surface area contributed by atoms with Crippen LogP contribution in [0.1, 0.15) is 29.9 Å². The largest absolute Gasteiger partial charge is 0.467 e. The van der Waals surface area contributed by atoms with Crippen LogP contribution < -0.4 is 4.90 Å². The van der Waals surface area contributed by atoms with Crippen LogP contribution in [0.15, 0.2) is 34.9 Å². The maximum Gasteiger partial charge on any atom is 0.126 e. The molecular weight excluding hydrogens is 245 g/mol. The number of halogens is 1. The Bertz CT molecular complexity index is 550. The molecule has 0 amide bonds. The summed E-state index contributed by atoms with van der Waals surface area (Å²) in [5.41, 5.74) is 1.95. The van der Waals surface area contributed by atoms with E-state index < -0.39 is 6.10 Å². The van der Waals surface area contributed by atoms with Crippen molar-refractivity contribution in [3.63, 3.8) is 0 Å². The van der Waals surface area contributed by atoms with Gasteiger partial charge in [0.1, 0.15) is 11.6 Å². The zero-order chi connectivity index (χ0) is 14.0. The Morgan fingerprint density at radius 3 is 2.74 bits per heavy atom. The lowest BCUT2D eigenvalue weighted by Gasteiger charge is -2.23. The first kappa shape index (κ1) is 13.6. The van der Waals surface area contributed by atoms with Gasteiger partial charge in [-0.05, 0) is 43.7 Å². The van der Waals surface area contributed by atoms with E-state index in [-0.39, 0.29) is 5.82 Å². The van der Waals surface area contributed by atoms with Crippen LogP contribution in [0.4, 0.5) is 10.1 Å². The van der Waals surface area contributed by atoms with Gasteiger partial charge in [-0.15, -0.1) is 0 Å². The molecule has 0 spiro atoms. The standard InChI is InChI=1S/C15H18FNO2/c1-10-7-15(13(11(2)18)8-14(10)16)17(3)9-12-5-4-6-19-12/h4-8,11,18H,9H2,1-3H3. The summed E-state index contributed by atoms with van der Waals surface area (Å²) in [7, 11) is 1.89. The van der Waals surface area contributed by atoms with E-state index in [1.54, 1.807) is 26.2 Å². The molecule has 2 aromatic rings. The van der Waals surface area contributed by atoms with E-state index in [9.17, 15) is 9.50 Å². The number of aliphatic hydroxyl groups excluding tert-OH is 1. The Morgan fingerprint density at radius 1 is 1.42 bits per heavy atom. The average Bonchev–Trinajstić information content (AvgIpc) is 2.84. The summed E-state index contributed by atoms with van der Waals surface area (Å²) in [6.45, 7) is 3.91. The monoisotopic (exact) mass is 263 g/mol. The van der Waals surface area contributed by atoms with E-state index in [1.807, 2.05) is 24.1 Å². The van der Waals surface area contributed by atoms with Gasteiger partial charge in [-0.25, -0.2) is 4.39 Å². The van der Waals surface area contributed by atoms with Crippen molar-refractivity contribution in [3.8, 4) is 0 Å². The zero-order valence-electron chi connectivity index (χ0n) is 11.4. The highest BCUT2D eigenvalue weighted by atomic mass is 19.1. The normalized spacial score (nSPS) is 12.5. The summed E-state index contributed by atoms with van der Waals surface area (Å²) >= 11 is 0. The summed E-state index contributed by atoms with van der Waals surface area (Å²) in [5.74, 6) is 0.520. The molecule has 0 aliphatic carbocycles. The first-order valence-electron chi connectivity index (χ1n) is 6.20. The van der Waals surface area contributed by atoms with Crippen molar-refractivity contribution >= 4 is 5.69 Å². The van der Waals surface area contributed by atoms with E-state index in [4.69, 9.17) is 4.42 Å². The highest BCUT2D eigenvalue weighted by Gasteiger charge is 2.15. The molecule has 1 atom stereocenters. The number of nitrogens with zero attached hydrogens (tertiary/aromatic N) is 1. The van der Waals surface area contributed by atoms with Crippen LogP contribution in [0.5, 0.6) is 0 Å². The lowest BCUT2D eigenvalue weighted by molar-refractivity contribution is 0.199. The van der Waals surface area contributed by atoms with Gasteiger partial charge in [0.15, 0.2) is 0 Å². The van der Waals surface area contributed by atoms with Crippen LogP contribution in [-0.4, -0.2) is 12.2 Å². The van der Waals surface area contributed by atoms with Crippen molar-refractivity contribution in [1.29, 1.82) is 0 Å². The number of furan rings is 1. The van der Waals surface area contributed by atoms with Crippen LogP contribution >= 0.6 is 0 Å². The number of aryl methyl sites for hydroxylation is 1. The molecule has 102 valence electrons. The third-order valence-electron chi connectivity index (χ3n) is 3.14.